The molecule has 1 aromatic rings. The van der Waals surface area contributed by atoms with Crippen LogP contribution in [0.1, 0.15) is 20.8 Å². The van der Waals surface area contributed by atoms with Crippen molar-refractivity contribution < 1.29 is 13.2 Å². The second-order valence-electron chi connectivity index (χ2n) is 4.65. The quantitative estimate of drug-likeness (QED) is 0.836. The molecule has 1 unspecified atom stereocenters. The number of pyridine rings is 1. The number of nitrogens with one attached hydrogen (secondary N) is 2. The van der Waals surface area contributed by atoms with Gasteiger partial charge in [-0.2, -0.15) is 0 Å². The molecule has 0 fully saturated rings. The molecule has 0 aliphatic heterocycles. The van der Waals surface area contributed by atoms with E-state index in [-0.39, 0.29) is 22.7 Å². The van der Waals surface area contributed by atoms with Crippen LogP contribution in [0, 0.1) is 0 Å². The van der Waals surface area contributed by atoms with Crippen LogP contribution >= 0.6 is 0 Å². The molecule has 0 aliphatic rings. The minimum Gasteiger partial charge on any atom is -0.358 e. The lowest BCUT2D eigenvalue weighted by atomic mass is 10.2. The van der Waals surface area contributed by atoms with Crippen molar-refractivity contribution in [3.63, 3.8) is 0 Å². The van der Waals surface area contributed by atoms with Gasteiger partial charge in [0, 0.05) is 18.5 Å². The maximum Gasteiger partial charge on any atom is 0.242 e. The standard InChI is InChI=1S/C12H19N3O3S/c1-8(2)14-12(16)9(3)15-11-10(19(4,17)18)6-5-7-13-11/h5-9H,1-4H3,(H,13,15)(H,14,16). The molecule has 0 spiro atoms. The van der Waals surface area contributed by atoms with Gasteiger partial charge in [0.1, 0.15) is 16.8 Å². The molecule has 0 radical (unpaired) electrons. The van der Waals surface area contributed by atoms with Gasteiger partial charge < -0.3 is 10.6 Å². The highest BCUT2D eigenvalue weighted by Gasteiger charge is 2.19. The fourth-order valence-electron chi connectivity index (χ4n) is 1.48. The number of nitrogens with zero attached hydrogens (tertiary/aromatic N) is 1. The molecule has 1 rings (SSSR count). The third-order valence-corrected chi connectivity index (χ3v) is 3.48. The van der Waals surface area contributed by atoms with E-state index >= 15 is 0 Å². The summed E-state index contributed by atoms with van der Waals surface area (Å²) in [5, 5.41) is 5.56. The Morgan fingerprint density at radius 2 is 1.95 bits per heavy atom. The van der Waals surface area contributed by atoms with Crippen molar-refractivity contribution in [1.29, 1.82) is 0 Å². The van der Waals surface area contributed by atoms with Crippen LogP contribution in [0.2, 0.25) is 0 Å². The minimum atomic E-state index is -3.38. The molecule has 2 N–H and O–H groups in total. The maximum atomic E-state index is 11.8. The Hall–Kier alpha value is -1.63. The molecule has 1 heterocycles. The Bertz CT molecular complexity index is 555. The van der Waals surface area contributed by atoms with Crippen molar-refractivity contribution in [3.05, 3.63) is 18.3 Å². The van der Waals surface area contributed by atoms with Crippen LogP contribution in [-0.2, 0) is 14.6 Å². The van der Waals surface area contributed by atoms with E-state index in [4.69, 9.17) is 0 Å². The van der Waals surface area contributed by atoms with E-state index in [1.54, 1.807) is 13.0 Å². The summed E-state index contributed by atoms with van der Waals surface area (Å²) in [6, 6.07) is 2.45. The largest absolute Gasteiger partial charge is 0.358 e. The zero-order valence-corrected chi connectivity index (χ0v) is 12.3. The monoisotopic (exact) mass is 285 g/mol. The summed E-state index contributed by atoms with van der Waals surface area (Å²) < 4.78 is 23.2. The molecule has 19 heavy (non-hydrogen) atoms. The topological polar surface area (TPSA) is 88.2 Å². The molecule has 0 saturated heterocycles. The average molecular weight is 285 g/mol. The summed E-state index contributed by atoms with van der Waals surface area (Å²) in [4.78, 5) is 15.8. The molecular formula is C12H19N3O3S. The van der Waals surface area contributed by atoms with Crippen LogP contribution in [-0.4, -0.2) is 37.6 Å². The van der Waals surface area contributed by atoms with E-state index in [2.05, 4.69) is 15.6 Å². The van der Waals surface area contributed by atoms with E-state index in [0.29, 0.717) is 0 Å². The zero-order valence-electron chi connectivity index (χ0n) is 11.5. The number of hydrogen-bond donors (Lipinski definition) is 2. The molecule has 1 atom stereocenters. The van der Waals surface area contributed by atoms with Gasteiger partial charge in [-0.05, 0) is 32.9 Å². The van der Waals surface area contributed by atoms with Crippen LogP contribution in [0.4, 0.5) is 5.82 Å². The van der Waals surface area contributed by atoms with Crippen molar-refractivity contribution in [2.75, 3.05) is 11.6 Å². The van der Waals surface area contributed by atoms with Crippen molar-refractivity contribution in [1.82, 2.24) is 10.3 Å². The highest BCUT2D eigenvalue weighted by atomic mass is 32.2. The fourth-order valence-corrected chi connectivity index (χ4v) is 2.27. The second kappa shape index (κ2) is 6.01. The minimum absolute atomic E-state index is 0.0230. The first kappa shape index (κ1) is 15.4. The van der Waals surface area contributed by atoms with Crippen molar-refractivity contribution in [2.24, 2.45) is 0 Å². The molecule has 1 amide bonds. The van der Waals surface area contributed by atoms with E-state index in [0.717, 1.165) is 6.26 Å². The number of rotatable bonds is 5. The second-order valence-corrected chi connectivity index (χ2v) is 6.64. The van der Waals surface area contributed by atoms with Gasteiger partial charge in [0.05, 0.1) is 0 Å². The summed E-state index contributed by atoms with van der Waals surface area (Å²) in [7, 11) is -3.38. The molecule has 0 bridgehead atoms. The number of aromatic nitrogens is 1. The predicted octanol–water partition coefficient (Wildman–Crippen LogP) is 0.810. The van der Waals surface area contributed by atoms with Crippen LogP contribution in [0.5, 0.6) is 0 Å². The van der Waals surface area contributed by atoms with Gasteiger partial charge in [0.25, 0.3) is 0 Å². The summed E-state index contributed by atoms with van der Waals surface area (Å²) in [6.45, 7) is 5.36. The third kappa shape index (κ3) is 4.51. The molecular weight excluding hydrogens is 266 g/mol. The van der Waals surface area contributed by atoms with Crippen LogP contribution in [0.3, 0.4) is 0 Å². The predicted molar refractivity (Wildman–Crippen MR) is 73.7 cm³/mol. The first-order chi connectivity index (χ1) is 8.71. The smallest absolute Gasteiger partial charge is 0.242 e. The van der Waals surface area contributed by atoms with Crippen molar-refractivity contribution >= 4 is 21.6 Å². The Kier molecular flexibility index (Phi) is 4.88. The summed E-state index contributed by atoms with van der Waals surface area (Å²) in [5.41, 5.74) is 0. The first-order valence-electron chi connectivity index (χ1n) is 5.94. The van der Waals surface area contributed by atoms with Gasteiger partial charge in [0.15, 0.2) is 9.84 Å². The first-order valence-corrected chi connectivity index (χ1v) is 7.83. The molecule has 6 nitrogen and oxygen atoms in total. The molecule has 0 aliphatic carbocycles. The molecule has 7 heteroatoms. The highest BCUT2D eigenvalue weighted by molar-refractivity contribution is 7.90. The zero-order chi connectivity index (χ0) is 14.6. The van der Waals surface area contributed by atoms with Crippen LogP contribution in [0.15, 0.2) is 23.2 Å². The number of hydrogen-bond acceptors (Lipinski definition) is 5. The van der Waals surface area contributed by atoms with Gasteiger partial charge in [0.2, 0.25) is 5.91 Å². The number of anilines is 1. The van der Waals surface area contributed by atoms with E-state index in [1.807, 2.05) is 13.8 Å². The average Bonchev–Trinajstić information content (AvgIpc) is 2.27. The Balaban J connectivity index is 2.92. The molecule has 106 valence electrons. The Morgan fingerprint density at radius 3 is 2.47 bits per heavy atom. The van der Waals surface area contributed by atoms with E-state index in [9.17, 15) is 13.2 Å². The molecule has 0 saturated carbocycles. The van der Waals surface area contributed by atoms with Gasteiger partial charge in [-0.25, -0.2) is 13.4 Å². The normalized spacial score (nSPS) is 13.1. The molecule has 0 aromatic carbocycles. The molecule has 1 aromatic heterocycles. The van der Waals surface area contributed by atoms with Crippen molar-refractivity contribution in [3.8, 4) is 0 Å². The fraction of sp³-hybridized carbons (Fsp3) is 0.500. The maximum absolute atomic E-state index is 11.8. The Morgan fingerprint density at radius 1 is 1.32 bits per heavy atom. The van der Waals surface area contributed by atoms with Crippen LogP contribution < -0.4 is 10.6 Å². The lowest BCUT2D eigenvalue weighted by molar-refractivity contribution is -0.122. The van der Waals surface area contributed by atoms with E-state index < -0.39 is 15.9 Å². The highest BCUT2D eigenvalue weighted by Crippen LogP contribution is 2.18. The lowest BCUT2D eigenvalue weighted by Crippen LogP contribution is -2.41. The summed E-state index contributed by atoms with van der Waals surface area (Å²) >= 11 is 0. The van der Waals surface area contributed by atoms with Gasteiger partial charge >= 0.3 is 0 Å². The number of sulfone groups is 1. The van der Waals surface area contributed by atoms with Gasteiger partial charge in [-0.1, -0.05) is 0 Å². The van der Waals surface area contributed by atoms with Gasteiger partial charge in [-0.15, -0.1) is 0 Å². The number of carbonyl (C=O) groups excluding carboxylic acids is 1. The third-order valence-electron chi connectivity index (χ3n) is 2.35. The lowest BCUT2D eigenvalue weighted by Gasteiger charge is -2.17. The number of amides is 1. The SMILES string of the molecule is CC(C)NC(=O)C(C)Nc1ncccc1S(C)(=O)=O. The van der Waals surface area contributed by atoms with Crippen LogP contribution in [0.25, 0.3) is 0 Å². The summed E-state index contributed by atoms with van der Waals surface area (Å²) in [5.74, 6) is -0.0171. The number of carbonyl (C=O) groups is 1. The Labute approximate surface area is 113 Å². The van der Waals surface area contributed by atoms with E-state index in [1.165, 1.54) is 12.3 Å². The van der Waals surface area contributed by atoms with Gasteiger partial charge in [-0.3, -0.25) is 4.79 Å². The van der Waals surface area contributed by atoms with Crippen molar-refractivity contribution in [2.45, 2.75) is 37.8 Å². The summed E-state index contributed by atoms with van der Waals surface area (Å²) in [6.07, 6.45) is 2.58.